The number of amides is 3. The van der Waals surface area contributed by atoms with E-state index < -0.39 is 41.5 Å². The van der Waals surface area contributed by atoms with Gasteiger partial charge in [0.2, 0.25) is 11.8 Å². The molecule has 1 aromatic heterocycles. The predicted octanol–water partition coefficient (Wildman–Crippen LogP) is 3.96. The summed E-state index contributed by atoms with van der Waals surface area (Å²) in [6, 6.07) is 5.47. The molecule has 230 valence electrons. The van der Waals surface area contributed by atoms with E-state index in [1.807, 2.05) is 57.2 Å². The number of fused-ring (bicyclic) bond motifs is 4. The number of aromatic nitrogens is 1. The average molecular weight is 590 g/mol. The molecule has 1 spiro atoms. The Morgan fingerprint density at radius 3 is 2.49 bits per heavy atom. The number of cyclic esters (lactones) is 1. The SMILES string of the molecule is CC(C)[C@@H]1NC(=O)C2(/C=C/c3cc4cc(ccc4cn3)[C@@H](C)OC(=O)[C@@H]3CCCN(N3)C(=O)[C@H](C)NC1=O)CCCCC2. The first-order valence-corrected chi connectivity index (χ1v) is 15.5. The van der Waals surface area contributed by atoms with Crippen molar-refractivity contribution in [3.05, 3.63) is 47.8 Å². The van der Waals surface area contributed by atoms with Gasteiger partial charge in [-0.25, -0.2) is 5.43 Å². The van der Waals surface area contributed by atoms with Gasteiger partial charge in [-0.1, -0.05) is 51.3 Å². The minimum absolute atomic E-state index is 0.185. The summed E-state index contributed by atoms with van der Waals surface area (Å²) in [7, 11) is 0. The summed E-state index contributed by atoms with van der Waals surface area (Å²) in [6.07, 6.45) is 10.5. The fourth-order valence-corrected chi connectivity index (χ4v) is 6.28. The number of benzene rings is 1. The van der Waals surface area contributed by atoms with E-state index in [1.165, 1.54) is 5.01 Å². The van der Waals surface area contributed by atoms with Crippen LogP contribution in [0.4, 0.5) is 0 Å². The van der Waals surface area contributed by atoms with Gasteiger partial charge in [0.05, 0.1) is 11.1 Å². The fourth-order valence-electron chi connectivity index (χ4n) is 6.28. The van der Waals surface area contributed by atoms with Crippen LogP contribution in [0.3, 0.4) is 0 Å². The molecule has 10 heteroatoms. The molecule has 4 atom stereocenters. The molecule has 2 aromatic rings. The van der Waals surface area contributed by atoms with Gasteiger partial charge >= 0.3 is 5.97 Å². The van der Waals surface area contributed by atoms with Gasteiger partial charge in [0.15, 0.2) is 0 Å². The normalized spacial score (nSPS) is 28.0. The minimum Gasteiger partial charge on any atom is -0.457 e. The van der Waals surface area contributed by atoms with E-state index in [-0.39, 0.29) is 17.7 Å². The molecule has 2 fully saturated rings. The summed E-state index contributed by atoms with van der Waals surface area (Å²) < 4.78 is 5.84. The highest BCUT2D eigenvalue weighted by molar-refractivity contribution is 5.94. The van der Waals surface area contributed by atoms with Crippen LogP contribution in [0.5, 0.6) is 0 Å². The summed E-state index contributed by atoms with van der Waals surface area (Å²) in [5, 5.41) is 9.13. The number of carbonyl (C=O) groups excluding carboxylic acids is 4. The Morgan fingerprint density at radius 2 is 1.74 bits per heavy atom. The quantitative estimate of drug-likeness (QED) is 0.430. The Morgan fingerprint density at radius 1 is 0.977 bits per heavy atom. The van der Waals surface area contributed by atoms with Crippen LogP contribution in [0.1, 0.15) is 90.0 Å². The maximum absolute atomic E-state index is 13.9. The molecule has 5 bridgehead atoms. The van der Waals surface area contributed by atoms with Crippen molar-refractivity contribution in [2.24, 2.45) is 11.3 Å². The van der Waals surface area contributed by atoms with E-state index in [0.717, 1.165) is 41.3 Å². The third kappa shape index (κ3) is 6.74. The summed E-state index contributed by atoms with van der Waals surface area (Å²) in [4.78, 5) is 58.5. The van der Waals surface area contributed by atoms with Crippen molar-refractivity contribution in [2.45, 2.75) is 96.9 Å². The number of nitrogens with one attached hydrogen (secondary N) is 3. The van der Waals surface area contributed by atoms with Crippen LogP contribution < -0.4 is 16.1 Å². The van der Waals surface area contributed by atoms with Gasteiger partial charge in [-0.05, 0) is 74.6 Å². The second-order valence-electron chi connectivity index (χ2n) is 12.6. The zero-order valence-electron chi connectivity index (χ0n) is 25.5. The largest absolute Gasteiger partial charge is 0.457 e. The van der Waals surface area contributed by atoms with Crippen LogP contribution in [0.2, 0.25) is 0 Å². The molecule has 1 aliphatic carbocycles. The van der Waals surface area contributed by atoms with Crippen molar-refractivity contribution in [3.63, 3.8) is 0 Å². The summed E-state index contributed by atoms with van der Waals surface area (Å²) in [5.74, 6) is -1.61. The van der Waals surface area contributed by atoms with Crippen LogP contribution in [0.15, 0.2) is 36.5 Å². The third-order valence-corrected chi connectivity index (χ3v) is 9.00. The molecule has 1 saturated heterocycles. The Balaban J connectivity index is 1.53. The van der Waals surface area contributed by atoms with E-state index in [9.17, 15) is 19.2 Å². The first-order chi connectivity index (χ1) is 20.6. The number of ether oxygens (including phenoxy) is 1. The highest BCUT2D eigenvalue weighted by Gasteiger charge is 2.40. The standard InChI is InChI=1S/C33H43N5O5/c1-20(2)28-29(39)35-21(3)30(40)38-16-8-9-27(37-38)31(41)43-22(4)23-10-11-24-19-34-26(18-25(24)17-23)12-15-33(32(42)36-28)13-6-5-7-14-33/h10-12,15,17-22,27-28,37H,5-9,13-14,16H2,1-4H3,(H,35,39)(H,36,42)/b15-12+/t21-,22+,27-,28-/m0/s1. The van der Waals surface area contributed by atoms with Gasteiger partial charge in [0.1, 0.15) is 24.2 Å². The molecule has 1 saturated carbocycles. The maximum Gasteiger partial charge on any atom is 0.325 e. The molecule has 43 heavy (non-hydrogen) atoms. The maximum atomic E-state index is 13.9. The van der Waals surface area contributed by atoms with Crippen molar-refractivity contribution >= 4 is 40.5 Å². The lowest BCUT2D eigenvalue weighted by Crippen LogP contribution is -2.61. The lowest BCUT2D eigenvalue weighted by Gasteiger charge is -2.36. The molecular formula is C33H43N5O5. The lowest BCUT2D eigenvalue weighted by molar-refractivity contribution is -0.157. The topological polar surface area (TPSA) is 130 Å². The number of hydrazine groups is 1. The van der Waals surface area contributed by atoms with E-state index in [0.29, 0.717) is 32.2 Å². The van der Waals surface area contributed by atoms with Gasteiger partial charge in [-0.3, -0.25) is 29.2 Å². The highest BCUT2D eigenvalue weighted by Crippen LogP contribution is 2.39. The van der Waals surface area contributed by atoms with E-state index in [2.05, 4.69) is 21.0 Å². The third-order valence-electron chi connectivity index (χ3n) is 9.00. The number of hydrogen-bond donors (Lipinski definition) is 3. The predicted molar refractivity (Wildman–Crippen MR) is 163 cm³/mol. The molecule has 3 heterocycles. The molecular weight excluding hydrogens is 546 g/mol. The molecule has 3 aliphatic rings. The van der Waals surface area contributed by atoms with Crippen molar-refractivity contribution < 1.29 is 23.9 Å². The highest BCUT2D eigenvalue weighted by atomic mass is 16.5. The number of rotatable bonds is 1. The Hall–Kier alpha value is -3.79. The number of pyridine rings is 1. The molecule has 3 amide bonds. The summed E-state index contributed by atoms with van der Waals surface area (Å²) in [5.41, 5.74) is 3.81. The van der Waals surface area contributed by atoms with Gasteiger partial charge in [0, 0.05) is 18.1 Å². The Labute approximate surface area is 253 Å². The van der Waals surface area contributed by atoms with Crippen LogP contribution in [-0.4, -0.2) is 58.4 Å². The molecule has 5 rings (SSSR count). The summed E-state index contributed by atoms with van der Waals surface area (Å²) >= 11 is 0. The second-order valence-corrected chi connectivity index (χ2v) is 12.6. The van der Waals surface area contributed by atoms with E-state index in [4.69, 9.17) is 4.74 Å². The second kappa shape index (κ2) is 12.8. The van der Waals surface area contributed by atoms with Crippen LogP contribution in [0, 0.1) is 11.3 Å². The van der Waals surface area contributed by atoms with E-state index >= 15 is 0 Å². The van der Waals surface area contributed by atoms with E-state index in [1.54, 1.807) is 13.1 Å². The average Bonchev–Trinajstić information content (AvgIpc) is 3.01. The zero-order chi connectivity index (χ0) is 30.7. The number of nitrogens with zero attached hydrogens (tertiary/aromatic N) is 2. The summed E-state index contributed by atoms with van der Waals surface area (Å²) in [6.45, 7) is 7.59. The number of esters is 1. The zero-order valence-corrected chi connectivity index (χ0v) is 25.5. The van der Waals surface area contributed by atoms with Crippen molar-refractivity contribution in [1.82, 2.24) is 26.1 Å². The lowest BCUT2D eigenvalue weighted by atomic mass is 9.72. The molecule has 0 radical (unpaired) electrons. The molecule has 2 aliphatic heterocycles. The van der Waals surface area contributed by atoms with Crippen LogP contribution >= 0.6 is 0 Å². The number of hydrogen-bond acceptors (Lipinski definition) is 7. The van der Waals surface area contributed by atoms with Crippen molar-refractivity contribution in [2.75, 3.05) is 6.54 Å². The monoisotopic (exact) mass is 589 g/mol. The van der Waals surface area contributed by atoms with Crippen LogP contribution in [-0.2, 0) is 23.9 Å². The first-order valence-electron chi connectivity index (χ1n) is 15.5. The van der Waals surface area contributed by atoms with Gasteiger partial charge < -0.3 is 15.4 Å². The Bertz CT molecular complexity index is 1420. The van der Waals surface area contributed by atoms with Crippen molar-refractivity contribution in [3.8, 4) is 0 Å². The molecule has 10 nitrogen and oxygen atoms in total. The molecule has 0 unspecified atom stereocenters. The van der Waals surface area contributed by atoms with Crippen molar-refractivity contribution in [1.29, 1.82) is 0 Å². The fraction of sp³-hybridized carbons (Fsp3) is 0.545. The Kier molecular flexibility index (Phi) is 9.15. The minimum atomic E-state index is -0.867. The molecule has 3 N–H and O–H groups in total. The van der Waals surface area contributed by atoms with Gasteiger partial charge in [0.25, 0.3) is 5.91 Å². The smallest absolute Gasteiger partial charge is 0.325 e. The van der Waals surface area contributed by atoms with Gasteiger partial charge in [-0.15, -0.1) is 0 Å². The number of carbonyl (C=O) groups is 4. The van der Waals surface area contributed by atoms with Gasteiger partial charge in [-0.2, -0.15) is 0 Å². The molecule has 1 aromatic carbocycles. The first kappa shape index (κ1) is 30.7. The van der Waals surface area contributed by atoms with Crippen LogP contribution in [0.25, 0.3) is 16.8 Å².